The van der Waals surface area contributed by atoms with Crippen molar-refractivity contribution in [3.63, 3.8) is 0 Å². The highest BCUT2D eigenvalue weighted by Gasteiger charge is 2.15. The lowest BCUT2D eigenvalue weighted by Crippen LogP contribution is -2.21. The van der Waals surface area contributed by atoms with Crippen LogP contribution in [0, 0.1) is 0 Å². The third-order valence-corrected chi connectivity index (χ3v) is 3.68. The van der Waals surface area contributed by atoms with Gasteiger partial charge < -0.3 is 10.2 Å². The molecule has 1 aromatic carbocycles. The Balaban J connectivity index is 2.07. The van der Waals surface area contributed by atoms with E-state index in [4.69, 9.17) is 21.8 Å². The van der Waals surface area contributed by atoms with Crippen LogP contribution >= 0.6 is 11.6 Å². The summed E-state index contributed by atoms with van der Waals surface area (Å²) in [7, 11) is 2.05. The lowest BCUT2D eigenvalue weighted by Gasteiger charge is -2.24. The fraction of sp³-hybridized carbons (Fsp3) is 0.333. The number of halogens is 1. The van der Waals surface area contributed by atoms with Crippen molar-refractivity contribution < 1.29 is 4.42 Å². The van der Waals surface area contributed by atoms with Crippen LogP contribution in [-0.2, 0) is 13.1 Å². The van der Waals surface area contributed by atoms with E-state index in [1.807, 2.05) is 30.3 Å². The molecule has 0 aliphatic rings. The van der Waals surface area contributed by atoms with Crippen molar-refractivity contribution in [2.45, 2.75) is 26.1 Å². The van der Waals surface area contributed by atoms with Gasteiger partial charge in [-0.1, -0.05) is 29.8 Å². The fourth-order valence-electron chi connectivity index (χ4n) is 2.05. The molecule has 2 aromatic rings. The molecule has 0 saturated heterocycles. The van der Waals surface area contributed by atoms with E-state index in [0.717, 1.165) is 28.7 Å². The summed E-state index contributed by atoms with van der Waals surface area (Å²) in [6, 6.07) is 12.0. The van der Waals surface area contributed by atoms with E-state index in [0.29, 0.717) is 6.54 Å². The van der Waals surface area contributed by atoms with Gasteiger partial charge in [0.2, 0.25) is 0 Å². The van der Waals surface area contributed by atoms with Crippen LogP contribution in [0.15, 0.2) is 40.8 Å². The minimum Gasteiger partial charge on any atom is -0.463 e. The molecule has 0 fully saturated rings. The van der Waals surface area contributed by atoms with Gasteiger partial charge >= 0.3 is 0 Å². The molecular formula is C15H19ClN2O. The Kier molecular flexibility index (Phi) is 4.64. The molecule has 2 rings (SSSR count). The molecule has 19 heavy (non-hydrogen) atoms. The summed E-state index contributed by atoms with van der Waals surface area (Å²) in [5.74, 6) is 1.73. The SMILES string of the molecule is CC(c1ccccc1Cl)N(C)Cc1ccc(CN)o1. The van der Waals surface area contributed by atoms with Crippen LogP contribution in [0.4, 0.5) is 0 Å². The van der Waals surface area contributed by atoms with Crippen LogP contribution in [0.25, 0.3) is 0 Å². The van der Waals surface area contributed by atoms with Gasteiger partial charge in [0, 0.05) is 11.1 Å². The van der Waals surface area contributed by atoms with Gasteiger partial charge in [-0.3, -0.25) is 4.90 Å². The van der Waals surface area contributed by atoms with Crippen LogP contribution in [0.1, 0.15) is 30.0 Å². The van der Waals surface area contributed by atoms with E-state index in [1.165, 1.54) is 0 Å². The average molecular weight is 279 g/mol. The molecule has 1 aromatic heterocycles. The molecular weight excluding hydrogens is 260 g/mol. The third kappa shape index (κ3) is 3.38. The summed E-state index contributed by atoms with van der Waals surface area (Å²) in [4.78, 5) is 2.19. The van der Waals surface area contributed by atoms with Crippen molar-refractivity contribution in [1.29, 1.82) is 0 Å². The van der Waals surface area contributed by atoms with E-state index >= 15 is 0 Å². The zero-order valence-electron chi connectivity index (χ0n) is 11.3. The van der Waals surface area contributed by atoms with E-state index in [2.05, 4.69) is 24.9 Å². The summed E-state index contributed by atoms with van der Waals surface area (Å²) in [6.07, 6.45) is 0. The highest BCUT2D eigenvalue weighted by Crippen LogP contribution is 2.27. The molecule has 1 unspecified atom stereocenters. The highest BCUT2D eigenvalue weighted by atomic mass is 35.5. The molecule has 0 aliphatic heterocycles. The molecule has 2 N–H and O–H groups in total. The number of benzene rings is 1. The average Bonchev–Trinajstić information content (AvgIpc) is 2.86. The first-order valence-electron chi connectivity index (χ1n) is 6.34. The first kappa shape index (κ1) is 14.1. The molecule has 0 bridgehead atoms. The predicted molar refractivity (Wildman–Crippen MR) is 77.9 cm³/mol. The Hall–Kier alpha value is -1.29. The fourth-order valence-corrected chi connectivity index (χ4v) is 2.34. The summed E-state index contributed by atoms with van der Waals surface area (Å²) in [5.41, 5.74) is 6.66. The summed E-state index contributed by atoms with van der Waals surface area (Å²) in [5, 5.41) is 0.795. The normalized spacial score (nSPS) is 12.9. The lowest BCUT2D eigenvalue weighted by molar-refractivity contribution is 0.230. The second-order valence-electron chi connectivity index (χ2n) is 4.68. The molecule has 4 heteroatoms. The zero-order valence-corrected chi connectivity index (χ0v) is 12.0. The number of furan rings is 1. The van der Waals surface area contributed by atoms with Gasteiger partial charge in [-0.2, -0.15) is 0 Å². The summed E-state index contributed by atoms with van der Waals surface area (Å²) >= 11 is 6.23. The van der Waals surface area contributed by atoms with Gasteiger partial charge in [0.1, 0.15) is 11.5 Å². The van der Waals surface area contributed by atoms with Crippen LogP contribution in [0.3, 0.4) is 0 Å². The molecule has 0 saturated carbocycles. The summed E-state index contributed by atoms with van der Waals surface area (Å²) in [6.45, 7) is 3.30. The maximum atomic E-state index is 6.23. The quantitative estimate of drug-likeness (QED) is 0.909. The lowest BCUT2D eigenvalue weighted by atomic mass is 10.1. The number of hydrogen-bond acceptors (Lipinski definition) is 3. The Morgan fingerprint density at radius 2 is 1.89 bits per heavy atom. The van der Waals surface area contributed by atoms with Gasteiger partial charge in [0.05, 0.1) is 13.1 Å². The molecule has 0 aliphatic carbocycles. The van der Waals surface area contributed by atoms with Crippen LogP contribution < -0.4 is 5.73 Å². The van der Waals surface area contributed by atoms with E-state index < -0.39 is 0 Å². The first-order valence-corrected chi connectivity index (χ1v) is 6.72. The molecule has 102 valence electrons. The maximum Gasteiger partial charge on any atom is 0.118 e. The van der Waals surface area contributed by atoms with Gasteiger partial charge in [-0.15, -0.1) is 0 Å². The molecule has 3 nitrogen and oxygen atoms in total. The Labute approximate surface area is 119 Å². The second-order valence-corrected chi connectivity index (χ2v) is 5.09. The number of hydrogen-bond donors (Lipinski definition) is 1. The van der Waals surface area contributed by atoms with Crippen molar-refractivity contribution in [2.75, 3.05) is 7.05 Å². The first-order chi connectivity index (χ1) is 9.11. The second kappa shape index (κ2) is 6.24. The molecule has 1 heterocycles. The van der Waals surface area contributed by atoms with Crippen molar-refractivity contribution >= 4 is 11.6 Å². The number of rotatable bonds is 5. The van der Waals surface area contributed by atoms with E-state index in [-0.39, 0.29) is 6.04 Å². The van der Waals surface area contributed by atoms with E-state index in [1.54, 1.807) is 0 Å². The maximum absolute atomic E-state index is 6.23. The van der Waals surface area contributed by atoms with Crippen molar-refractivity contribution in [3.8, 4) is 0 Å². The van der Waals surface area contributed by atoms with Crippen molar-refractivity contribution in [3.05, 3.63) is 58.5 Å². The summed E-state index contributed by atoms with van der Waals surface area (Å²) < 4.78 is 5.62. The Bertz CT molecular complexity index is 538. The standard InChI is InChI=1S/C15H19ClN2O/c1-11(14-5-3-4-6-15(14)16)18(2)10-13-8-7-12(9-17)19-13/h3-8,11H,9-10,17H2,1-2H3. The van der Waals surface area contributed by atoms with Crippen molar-refractivity contribution in [2.24, 2.45) is 5.73 Å². The van der Waals surface area contributed by atoms with Gasteiger partial charge in [-0.25, -0.2) is 0 Å². The smallest absolute Gasteiger partial charge is 0.118 e. The predicted octanol–water partition coefficient (Wildman–Crippen LogP) is 3.58. The molecule has 0 radical (unpaired) electrons. The van der Waals surface area contributed by atoms with Gasteiger partial charge in [0.25, 0.3) is 0 Å². The van der Waals surface area contributed by atoms with Crippen molar-refractivity contribution in [1.82, 2.24) is 4.90 Å². The topological polar surface area (TPSA) is 42.4 Å². The largest absolute Gasteiger partial charge is 0.463 e. The number of nitrogens with zero attached hydrogens (tertiary/aromatic N) is 1. The Morgan fingerprint density at radius 3 is 2.53 bits per heavy atom. The number of nitrogens with two attached hydrogens (primary N) is 1. The van der Waals surface area contributed by atoms with Crippen LogP contribution in [0.5, 0.6) is 0 Å². The Morgan fingerprint density at radius 1 is 1.21 bits per heavy atom. The monoisotopic (exact) mass is 278 g/mol. The molecule has 0 amide bonds. The molecule has 1 atom stereocenters. The highest BCUT2D eigenvalue weighted by molar-refractivity contribution is 6.31. The van der Waals surface area contributed by atoms with Crippen LogP contribution in [0.2, 0.25) is 5.02 Å². The minimum atomic E-state index is 0.222. The van der Waals surface area contributed by atoms with Gasteiger partial charge in [-0.05, 0) is 37.7 Å². The van der Waals surface area contributed by atoms with Crippen LogP contribution in [-0.4, -0.2) is 11.9 Å². The van der Waals surface area contributed by atoms with Gasteiger partial charge in [0.15, 0.2) is 0 Å². The van der Waals surface area contributed by atoms with E-state index in [9.17, 15) is 0 Å². The zero-order chi connectivity index (χ0) is 13.8. The third-order valence-electron chi connectivity index (χ3n) is 3.34. The molecule has 0 spiro atoms. The minimum absolute atomic E-state index is 0.222.